The lowest BCUT2D eigenvalue weighted by molar-refractivity contribution is 0.0537. The van der Waals surface area contributed by atoms with Crippen LogP contribution < -0.4 is 20.4 Å². The highest BCUT2D eigenvalue weighted by atomic mass is 16.6. The van der Waals surface area contributed by atoms with E-state index in [4.69, 9.17) is 9.57 Å². The Bertz CT molecular complexity index is 1130. The Balaban J connectivity index is 1.32. The van der Waals surface area contributed by atoms with Gasteiger partial charge in [-0.15, -0.1) is 0 Å². The summed E-state index contributed by atoms with van der Waals surface area (Å²) in [6, 6.07) is 13.6. The number of amides is 1. The maximum Gasteiger partial charge on any atom is 0.274 e. The fourth-order valence-corrected chi connectivity index (χ4v) is 4.23. The van der Waals surface area contributed by atoms with Gasteiger partial charge in [0.2, 0.25) is 0 Å². The van der Waals surface area contributed by atoms with Gasteiger partial charge < -0.3 is 19.9 Å². The molecule has 1 aliphatic rings. The van der Waals surface area contributed by atoms with Crippen LogP contribution in [-0.4, -0.2) is 67.7 Å². The van der Waals surface area contributed by atoms with E-state index in [1.807, 2.05) is 36.7 Å². The molecule has 0 saturated carbocycles. The Morgan fingerprint density at radius 1 is 0.944 bits per heavy atom. The Morgan fingerprint density at radius 2 is 1.75 bits per heavy atom. The first kappa shape index (κ1) is 25.4. The van der Waals surface area contributed by atoms with Crippen molar-refractivity contribution in [2.75, 3.05) is 57.2 Å². The normalized spacial score (nSPS) is 13.9. The van der Waals surface area contributed by atoms with Gasteiger partial charge >= 0.3 is 0 Å². The molecule has 2 N–H and O–H groups in total. The summed E-state index contributed by atoms with van der Waals surface area (Å²) in [6.45, 7) is 7.48. The van der Waals surface area contributed by atoms with Gasteiger partial charge in [-0.2, -0.15) is 0 Å². The van der Waals surface area contributed by atoms with E-state index < -0.39 is 0 Å². The predicted molar refractivity (Wildman–Crippen MR) is 141 cm³/mol. The summed E-state index contributed by atoms with van der Waals surface area (Å²) in [4.78, 5) is 30.9. The zero-order valence-corrected chi connectivity index (χ0v) is 21.2. The van der Waals surface area contributed by atoms with E-state index in [9.17, 15) is 4.79 Å². The van der Waals surface area contributed by atoms with Gasteiger partial charge in [0.15, 0.2) is 0 Å². The Morgan fingerprint density at radius 3 is 2.39 bits per heavy atom. The third-order valence-corrected chi connectivity index (χ3v) is 6.35. The third-order valence-electron chi connectivity index (χ3n) is 6.35. The smallest absolute Gasteiger partial charge is 0.274 e. The van der Waals surface area contributed by atoms with Crippen LogP contribution in [0.5, 0.6) is 5.75 Å². The number of pyridine rings is 2. The molecule has 0 radical (unpaired) electrons. The van der Waals surface area contributed by atoms with Crippen molar-refractivity contribution in [1.29, 1.82) is 0 Å². The standard InChI is InChI=1S/C27H34N6O3/c1-4-32-11-13-33(14-12-32)26-10-8-23(19-29-26)30-25-9-7-20(18-28-25)5-6-21-15-22(27(34)31-36-3)17-24(16-21)35-2/h7-10,15-19H,4-6,11-14H2,1-3H3,(H,28,30)(H,31,34). The van der Waals surface area contributed by atoms with E-state index in [-0.39, 0.29) is 5.91 Å². The van der Waals surface area contributed by atoms with E-state index in [0.29, 0.717) is 11.3 Å². The fourth-order valence-electron chi connectivity index (χ4n) is 4.23. The average molecular weight is 491 g/mol. The maximum absolute atomic E-state index is 12.1. The number of nitrogens with zero attached hydrogens (tertiary/aromatic N) is 4. The summed E-state index contributed by atoms with van der Waals surface area (Å²) in [6.07, 6.45) is 5.26. The van der Waals surface area contributed by atoms with Crippen LogP contribution in [0.1, 0.15) is 28.4 Å². The molecule has 1 fully saturated rings. The van der Waals surface area contributed by atoms with Crippen molar-refractivity contribution in [2.24, 2.45) is 0 Å². The molecule has 3 aromatic rings. The molecule has 190 valence electrons. The number of piperazine rings is 1. The quantitative estimate of drug-likeness (QED) is 0.418. The van der Waals surface area contributed by atoms with Crippen molar-refractivity contribution in [3.05, 3.63) is 71.5 Å². The molecule has 0 atom stereocenters. The lowest BCUT2D eigenvalue weighted by Gasteiger charge is -2.34. The first-order valence-electron chi connectivity index (χ1n) is 12.2. The molecule has 0 aliphatic carbocycles. The largest absolute Gasteiger partial charge is 0.497 e. The van der Waals surface area contributed by atoms with Gasteiger partial charge in [0, 0.05) is 37.9 Å². The fraction of sp³-hybridized carbons (Fsp3) is 0.370. The van der Waals surface area contributed by atoms with Crippen LogP contribution in [-0.2, 0) is 17.7 Å². The van der Waals surface area contributed by atoms with E-state index in [1.165, 1.54) is 7.11 Å². The molecule has 36 heavy (non-hydrogen) atoms. The molecule has 4 rings (SSSR count). The van der Waals surface area contributed by atoms with E-state index in [0.717, 1.165) is 74.0 Å². The lowest BCUT2D eigenvalue weighted by atomic mass is 10.0. The van der Waals surface area contributed by atoms with Gasteiger partial charge in [-0.1, -0.05) is 13.0 Å². The van der Waals surface area contributed by atoms with Gasteiger partial charge in [-0.25, -0.2) is 15.4 Å². The SMILES string of the molecule is CCN1CCN(c2ccc(Nc3ccc(CCc4cc(OC)cc(C(=O)NOC)c4)cn3)cn2)CC1. The molecule has 9 nitrogen and oxygen atoms in total. The monoisotopic (exact) mass is 490 g/mol. The highest BCUT2D eigenvalue weighted by Crippen LogP contribution is 2.21. The van der Waals surface area contributed by atoms with Crippen molar-refractivity contribution in [3.63, 3.8) is 0 Å². The van der Waals surface area contributed by atoms with Crippen molar-refractivity contribution >= 4 is 23.2 Å². The number of carbonyl (C=O) groups is 1. The second-order valence-corrected chi connectivity index (χ2v) is 8.71. The van der Waals surface area contributed by atoms with Gasteiger partial charge in [0.05, 0.1) is 26.1 Å². The lowest BCUT2D eigenvalue weighted by Crippen LogP contribution is -2.46. The average Bonchev–Trinajstić information content (AvgIpc) is 2.93. The maximum atomic E-state index is 12.1. The molecule has 0 unspecified atom stereocenters. The number of aromatic nitrogens is 2. The molecule has 3 heterocycles. The minimum Gasteiger partial charge on any atom is -0.497 e. The number of rotatable bonds is 10. The van der Waals surface area contributed by atoms with Crippen molar-refractivity contribution in [3.8, 4) is 5.75 Å². The van der Waals surface area contributed by atoms with E-state index >= 15 is 0 Å². The highest BCUT2D eigenvalue weighted by molar-refractivity contribution is 5.94. The number of hydrogen-bond acceptors (Lipinski definition) is 8. The number of anilines is 3. The van der Waals surface area contributed by atoms with Crippen LogP contribution in [0, 0.1) is 0 Å². The predicted octanol–water partition coefficient (Wildman–Crippen LogP) is 3.45. The second-order valence-electron chi connectivity index (χ2n) is 8.71. The van der Waals surface area contributed by atoms with Crippen molar-refractivity contribution in [1.82, 2.24) is 20.3 Å². The number of carbonyl (C=O) groups excluding carboxylic acids is 1. The first-order valence-corrected chi connectivity index (χ1v) is 12.2. The number of benzene rings is 1. The van der Waals surface area contributed by atoms with Crippen LogP contribution in [0.15, 0.2) is 54.9 Å². The summed E-state index contributed by atoms with van der Waals surface area (Å²) in [7, 11) is 3.00. The summed E-state index contributed by atoms with van der Waals surface area (Å²) in [5.74, 6) is 2.11. The molecule has 1 amide bonds. The van der Waals surface area contributed by atoms with Gasteiger partial charge in [-0.05, 0) is 66.9 Å². The molecular weight excluding hydrogens is 456 g/mol. The van der Waals surface area contributed by atoms with Gasteiger partial charge in [-0.3, -0.25) is 9.63 Å². The van der Waals surface area contributed by atoms with Gasteiger partial charge in [0.25, 0.3) is 5.91 Å². The number of nitrogens with one attached hydrogen (secondary N) is 2. The van der Waals surface area contributed by atoms with E-state index in [2.05, 4.69) is 49.6 Å². The van der Waals surface area contributed by atoms with Crippen molar-refractivity contribution in [2.45, 2.75) is 19.8 Å². The van der Waals surface area contributed by atoms with Gasteiger partial charge in [0.1, 0.15) is 17.4 Å². The first-order chi connectivity index (χ1) is 17.6. The molecule has 0 spiro atoms. The number of hydrogen-bond donors (Lipinski definition) is 2. The summed E-state index contributed by atoms with van der Waals surface area (Å²) in [5.41, 5.74) is 5.85. The number of methoxy groups -OCH3 is 1. The number of aryl methyl sites for hydroxylation is 2. The topological polar surface area (TPSA) is 91.9 Å². The zero-order valence-electron chi connectivity index (χ0n) is 21.2. The molecule has 2 aromatic heterocycles. The third kappa shape index (κ3) is 6.71. The minimum absolute atomic E-state index is 0.309. The Labute approximate surface area is 212 Å². The molecule has 1 saturated heterocycles. The molecule has 1 aliphatic heterocycles. The zero-order chi connectivity index (χ0) is 25.3. The van der Waals surface area contributed by atoms with Crippen LogP contribution in [0.3, 0.4) is 0 Å². The number of hydroxylamine groups is 1. The summed E-state index contributed by atoms with van der Waals surface area (Å²) >= 11 is 0. The Kier molecular flexibility index (Phi) is 8.70. The molecular formula is C27H34N6O3. The summed E-state index contributed by atoms with van der Waals surface area (Å²) in [5, 5.41) is 3.33. The Hall–Kier alpha value is -3.69. The second kappa shape index (κ2) is 12.3. The molecule has 1 aromatic carbocycles. The van der Waals surface area contributed by atoms with Crippen LogP contribution in [0.2, 0.25) is 0 Å². The van der Waals surface area contributed by atoms with Crippen LogP contribution in [0.4, 0.5) is 17.3 Å². The highest BCUT2D eigenvalue weighted by Gasteiger charge is 2.16. The number of likely N-dealkylation sites (N-methyl/N-ethyl adjacent to an activating group) is 1. The number of ether oxygens (including phenoxy) is 1. The van der Waals surface area contributed by atoms with E-state index in [1.54, 1.807) is 13.2 Å². The van der Waals surface area contributed by atoms with Crippen LogP contribution in [0.25, 0.3) is 0 Å². The minimum atomic E-state index is -0.309. The molecule has 9 heteroatoms. The molecule has 0 bridgehead atoms. The summed E-state index contributed by atoms with van der Waals surface area (Å²) < 4.78 is 5.35. The van der Waals surface area contributed by atoms with Crippen molar-refractivity contribution < 1.29 is 14.4 Å². The van der Waals surface area contributed by atoms with Crippen LogP contribution >= 0.6 is 0 Å².